The molecule has 1 saturated heterocycles. The number of carbonyl (C=O) groups excluding carboxylic acids is 2. The third kappa shape index (κ3) is 4.98. The van der Waals surface area contributed by atoms with Crippen LogP contribution in [0.3, 0.4) is 0 Å². The van der Waals surface area contributed by atoms with Crippen LogP contribution in [0.4, 0.5) is 19.0 Å². The molecule has 1 aliphatic rings. The van der Waals surface area contributed by atoms with Crippen molar-refractivity contribution in [1.29, 1.82) is 0 Å². The first-order chi connectivity index (χ1) is 15.1. The number of hydrogen-bond acceptors (Lipinski definition) is 6. The molecule has 0 radical (unpaired) electrons. The smallest absolute Gasteiger partial charge is 0.355 e. The molecule has 2 amide bonds. The molecule has 0 aliphatic carbocycles. The van der Waals surface area contributed by atoms with Gasteiger partial charge in [-0.25, -0.2) is 4.98 Å². The number of carbonyl (C=O) groups is 2. The first-order valence-corrected chi connectivity index (χ1v) is 11.5. The van der Waals surface area contributed by atoms with Crippen molar-refractivity contribution in [2.75, 3.05) is 38.1 Å². The van der Waals surface area contributed by atoms with Gasteiger partial charge in [0, 0.05) is 44.6 Å². The van der Waals surface area contributed by atoms with E-state index in [-0.39, 0.29) is 39.6 Å². The van der Waals surface area contributed by atoms with Crippen LogP contribution >= 0.6 is 11.3 Å². The lowest BCUT2D eigenvalue weighted by Crippen LogP contribution is -2.55. The van der Waals surface area contributed by atoms with Gasteiger partial charge in [0.15, 0.2) is 0 Å². The molecule has 1 fully saturated rings. The minimum Gasteiger partial charge on any atom is -0.355 e. The van der Waals surface area contributed by atoms with E-state index in [2.05, 4.69) is 20.5 Å². The van der Waals surface area contributed by atoms with Crippen molar-refractivity contribution in [2.45, 2.75) is 45.5 Å². The lowest BCUT2D eigenvalue weighted by Gasteiger charge is -2.39. The predicted octanol–water partition coefficient (Wildman–Crippen LogP) is 3.10. The maximum absolute atomic E-state index is 13.8. The highest BCUT2D eigenvalue weighted by atomic mass is 32.1. The second kappa shape index (κ2) is 9.62. The summed E-state index contributed by atoms with van der Waals surface area (Å²) in [5.41, 5.74) is -0.595. The number of anilines is 1. The van der Waals surface area contributed by atoms with Crippen LogP contribution in [0.5, 0.6) is 0 Å². The summed E-state index contributed by atoms with van der Waals surface area (Å²) in [4.78, 5) is 32.9. The van der Waals surface area contributed by atoms with Crippen LogP contribution in [0, 0.1) is 0 Å². The van der Waals surface area contributed by atoms with E-state index < -0.39 is 17.6 Å². The summed E-state index contributed by atoms with van der Waals surface area (Å²) in [6.45, 7) is 7.66. The first-order valence-electron chi connectivity index (χ1n) is 10.6. The Morgan fingerprint density at radius 2 is 1.88 bits per heavy atom. The van der Waals surface area contributed by atoms with E-state index in [1.54, 1.807) is 4.90 Å². The van der Waals surface area contributed by atoms with E-state index in [9.17, 15) is 22.8 Å². The third-order valence-electron chi connectivity index (χ3n) is 5.49. The number of piperazine rings is 1. The van der Waals surface area contributed by atoms with Gasteiger partial charge in [0.05, 0.1) is 27.4 Å². The Morgan fingerprint density at radius 3 is 2.41 bits per heavy atom. The largest absolute Gasteiger partial charge is 0.417 e. The Balaban J connectivity index is 1.87. The second-order valence-corrected chi connectivity index (χ2v) is 8.92. The van der Waals surface area contributed by atoms with Gasteiger partial charge in [0.25, 0.3) is 5.91 Å². The number of alkyl halides is 3. The van der Waals surface area contributed by atoms with Crippen molar-refractivity contribution in [3.05, 3.63) is 22.6 Å². The highest BCUT2D eigenvalue weighted by Crippen LogP contribution is 2.40. The van der Waals surface area contributed by atoms with Crippen LogP contribution in [0.15, 0.2) is 11.4 Å². The van der Waals surface area contributed by atoms with Crippen molar-refractivity contribution in [3.8, 4) is 0 Å². The summed E-state index contributed by atoms with van der Waals surface area (Å²) in [6, 6.07) is 0.817. The Bertz CT molecular complexity index is 984. The number of fused-ring (bicyclic) bond motifs is 1. The molecule has 11 heteroatoms. The van der Waals surface area contributed by atoms with Crippen LogP contribution in [0.1, 0.15) is 43.1 Å². The normalized spacial score (nSPS) is 16.4. The Morgan fingerprint density at radius 1 is 1.22 bits per heavy atom. The summed E-state index contributed by atoms with van der Waals surface area (Å²) in [7, 11) is 1.43. The van der Waals surface area contributed by atoms with E-state index in [4.69, 9.17) is 0 Å². The molecule has 32 heavy (non-hydrogen) atoms. The van der Waals surface area contributed by atoms with Crippen molar-refractivity contribution in [2.24, 2.45) is 0 Å². The molecule has 7 nitrogen and oxygen atoms in total. The van der Waals surface area contributed by atoms with Crippen LogP contribution in [0.2, 0.25) is 0 Å². The van der Waals surface area contributed by atoms with E-state index in [1.165, 1.54) is 12.4 Å². The Hall–Kier alpha value is -2.40. The monoisotopic (exact) mass is 471 g/mol. The summed E-state index contributed by atoms with van der Waals surface area (Å²) in [5.74, 6) is -0.322. The van der Waals surface area contributed by atoms with Gasteiger partial charge in [-0.15, -0.1) is 11.3 Å². The van der Waals surface area contributed by atoms with Crippen LogP contribution in [-0.2, 0) is 11.0 Å². The summed E-state index contributed by atoms with van der Waals surface area (Å²) < 4.78 is 41.3. The zero-order valence-electron chi connectivity index (χ0n) is 18.5. The Kier molecular flexibility index (Phi) is 7.29. The molecular formula is C21H28F3N5O2S. The van der Waals surface area contributed by atoms with Gasteiger partial charge in [0.1, 0.15) is 5.82 Å². The van der Waals surface area contributed by atoms with E-state index >= 15 is 0 Å². The molecule has 176 valence electrons. The van der Waals surface area contributed by atoms with Crippen molar-refractivity contribution >= 4 is 39.2 Å². The number of aromatic nitrogens is 1. The zero-order chi connectivity index (χ0) is 23.6. The van der Waals surface area contributed by atoms with Crippen molar-refractivity contribution in [3.63, 3.8) is 0 Å². The molecule has 3 rings (SSSR count). The lowest BCUT2D eigenvalue weighted by molar-refractivity contribution is -0.136. The van der Waals surface area contributed by atoms with Crippen LogP contribution in [0.25, 0.3) is 10.2 Å². The van der Waals surface area contributed by atoms with Gasteiger partial charge in [0.2, 0.25) is 5.91 Å². The fraction of sp³-hybridized carbons (Fsp3) is 0.571. The fourth-order valence-electron chi connectivity index (χ4n) is 3.92. The quantitative estimate of drug-likeness (QED) is 0.677. The van der Waals surface area contributed by atoms with Gasteiger partial charge < -0.3 is 15.5 Å². The first kappa shape index (κ1) is 24.2. The van der Waals surface area contributed by atoms with Crippen LogP contribution in [-0.4, -0.2) is 67.0 Å². The molecule has 2 N–H and O–H groups in total. The molecule has 0 saturated carbocycles. The van der Waals surface area contributed by atoms with E-state index in [0.29, 0.717) is 32.6 Å². The predicted molar refractivity (Wildman–Crippen MR) is 119 cm³/mol. The standard InChI is InChI=1S/C21H28F3N5O2S/c1-5-15(20(31)26-12(2)3)28-6-8-29(9-7-28)16-10-14(21(22,23)24)18-17(27-16)13(11-32-18)19(30)25-4/h10-12,15H,5-9H2,1-4H3,(H,25,30)(H,26,31)/t15-/m1/s1. The van der Waals surface area contributed by atoms with Gasteiger partial charge in [-0.2, -0.15) is 13.2 Å². The zero-order valence-corrected chi connectivity index (χ0v) is 19.4. The minimum atomic E-state index is -4.56. The van der Waals surface area contributed by atoms with Crippen LogP contribution < -0.4 is 15.5 Å². The molecule has 2 aromatic rings. The fourth-order valence-corrected chi connectivity index (χ4v) is 4.94. The summed E-state index contributed by atoms with van der Waals surface area (Å²) >= 11 is 0.867. The number of thiophene rings is 1. The maximum atomic E-state index is 13.8. The minimum absolute atomic E-state index is 0.0367. The topological polar surface area (TPSA) is 77.6 Å². The van der Waals surface area contributed by atoms with Gasteiger partial charge >= 0.3 is 6.18 Å². The Labute approximate surface area is 189 Å². The number of halogens is 3. The summed E-state index contributed by atoms with van der Waals surface area (Å²) in [5, 5.41) is 6.79. The number of rotatable bonds is 6. The average Bonchev–Trinajstić information content (AvgIpc) is 3.16. The molecule has 0 aromatic carbocycles. The molecule has 1 atom stereocenters. The molecule has 0 bridgehead atoms. The number of nitrogens with one attached hydrogen (secondary N) is 2. The van der Waals surface area contributed by atoms with Gasteiger partial charge in [-0.05, 0) is 26.3 Å². The van der Waals surface area contributed by atoms with Gasteiger partial charge in [-0.1, -0.05) is 6.92 Å². The van der Waals surface area contributed by atoms with Crippen molar-refractivity contribution in [1.82, 2.24) is 20.5 Å². The number of hydrogen-bond donors (Lipinski definition) is 2. The summed E-state index contributed by atoms with van der Waals surface area (Å²) in [6.07, 6.45) is -3.92. The molecular weight excluding hydrogens is 443 g/mol. The molecule has 0 unspecified atom stereocenters. The molecule has 3 heterocycles. The maximum Gasteiger partial charge on any atom is 0.417 e. The SMILES string of the molecule is CC[C@H](C(=O)NC(C)C)N1CCN(c2cc(C(F)(F)F)c3scc(C(=O)NC)c3n2)CC1. The number of pyridine rings is 1. The van der Waals surface area contributed by atoms with Crippen molar-refractivity contribution < 1.29 is 22.8 Å². The third-order valence-corrected chi connectivity index (χ3v) is 6.49. The highest BCUT2D eigenvalue weighted by molar-refractivity contribution is 7.17. The van der Waals surface area contributed by atoms with E-state index in [0.717, 1.165) is 17.4 Å². The molecule has 1 aliphatic heterocycles. The average molecular weight is 472 g/mol. The van der Waals surface area contributed by atoms with Gasteiger partial charge in [-0.3, -0.25) is 14.5 Å². The lowest BCUT2D eigenvalue weighted by atomic mass is 10.1. The molecule has 0 spiro atoms. The highest BCUT2D eigenvalue weighted by Gasteiger charge is 2.36. The van der Waals surface area contributed by atoms with E-state index in [1.807, 2.05) is 20.8 Å². The number of nitrogens with zero attached hydrogens (tertiary/aromatic N) is 3. The molecule has 2 aromatic heterocycles. The number of amides is 2. The second-order valence-electron chi connectivity index (χ2n) is 8.04.